The van der Waals surface area contributed by atoms with Crippen LogP contribution in [0.25, 0.3) is 32.3 Å². The average molecular weight is 1010 g/mol. The maximum Gasteiger partial charge on any atom is 1.00 e. The molecule has 0 atom stereocenters. The number of phenolic OH excluding ortho intramolecular Hbond substituents is 1. The third kappa shape index (κ3) is 17.7. The Kier molecular flexibility index (Phi) is 24.3. The third-order valence-electron chi connectivity index (χ3n) is 8.79. The number of benzene rings is 8. The zero-order valence-electron chi connectivity index (χ0n) is 35.4. The topological polar surface area (TPSA) is 108 Å². The first-order valence-corrected chi connectivity index (χ1v) is 20.0. The molecule has 0 aromatic heterocycles. The number of hydrogen-bond acceptors (Lipinski definition) is 7. The molecular formula is C48H38BrCl2F2K2NO7. The fourth-order valence-electron chi connectivity index (χ4n) is 5.87. The molecule has 1 amide bonds. The van der Waals surface area contributed by atoms with Gasteiger partial charge in [-0.05, 0) is 115 Å². The SMILES string of the molecule is CN1CCCC1=O.Clc1cc(Oc2ccc3ccccc3c2)cc(Oc2ccc3ccccc3c2)c1.Fc1cc(Cl)cc(F)c1Br.O=CO[O-].Oc1ccc2ccccc2c1.[H-].[K+].[K+]. The van der Waals surface area contributed by atoms with Crippen molar-refractivity contribution in [3.8, 4) is 28.7 Å². The van der Waals surface area contributed by atoms with Gasteiger partial charge in [0.2, 0.25) is 5.91 Å². The molecule has 8 aromatic rings. The Morgan fingerprint density at radius 3 is 1.41 bits per heavy atom. The van der Waals surface area contributed by atoms with E-state index in [2.05, 4.69) is 45.1 Å². The van der Waals surface area contributed by atoms with E-state index in [-0.39, 0.29) is 120 Å². The molecule has 15 heteroatoms. The van der Waals surface area contributed by atoms with Crippen molar-refractivity contribution in [1.29, 1.82) is 0 Å². The second-order valence-electron chi connectivity index (χ2n) is 13.2. The predicted octanol–water partition coefficient (Wildman–Crippen LogP) is 6.95. The van der Waals surface area contributed by atoms with E-state index in [0.29, 0.717) is 28.2 Å². The van der Waals surface area contributed by atoms with E-state index < -0.39 is 11.6 Å². The van der Waals surface area contributed by atoms with E-state index in [1.807, 2.05) is 104 Å². The zero-order chi connectivity index (χ0) is 43.7. The van der Waals surface area contributed by atoms with Crippen LogP contribution in [0.3, 0.4) is 0 Å². The summed E-state index contributed by atoms with van der Waals surface area (Å²) in [5, 5.41) is 25.0. The van der Waals surface area contributed by atoms with E-state index in [1.165, 1.54) is 10.8 Å². The maximum atomic E-state index is 12.5. The van der Waals surface area contributed by atoms with Gasteiger partial charge in [-0.15, -0.1) is 0 Å². The summed E-state index contributed by atoms with van der Waals surface area (Å²) < 4.78 is 36.9. The first-order valence-electron chi connectivity index (χ1n) is 18.5. The Bertz CT molecular complexity index is 2640. The van der Waals surface area contributed by atoms with Gasteiger partial charge < -0.3 is 31.1 Å². The second-order valence-corrected chi connectivity index (χ2v) is 14.8. The van der Waals surface area contributed by atoms with Crippen molar-refractivity contribution in [2.45, 2.75) is 12.8 Å². The smallest absolute Gasteiger partial charge is 1.00 e. The number of rotatable bonds is 5. The molecule has 1 heterocycles. The van der Waals surface area contributed by atoms with E-state index in [9.17, 15) is 13.6 Å². The van der Waals surface area contributed by atoms with Crippen LogP contribution in [0.5, 0.6) is 28.7 Å². The van der Waals surface area contributed by atoms with Crippen molar-refractivity contribution in [2.75, 3.05) is 13.6 Å². The van der Waals surface area contributed by atoms with Crippen molar-refractivity contribution in [1.82, 2.24) is 4.90 Å². The number of nitrogens with zero attached hydrogens (tertiary/aromatic N) is 1. The Labute approximate surface area is 468 Å². The molecule has 9 rings (SSSR count). The number of hydrogen-bond donors (Lipinski definition) is 1. The number of carbonyl (C=O) groups is 2. The average Bonchev–Trinajstić information content (AvgIpc) is 3.64. The van der Waals surface area contributed by atoms with Gasteiger partial charge in [0, 0.05) is 36.1 Å². The van der Waals surface area contributed by atoms with E-state index in [4.69, 9.17) is 47.8 Å². The van der Waals surface area contributed by atoms with Crippen molar-refractivity contribution in [3.05, 3.63) is 184 Å². The first kappa shape index (κ1) is 54.4. The van der Waals surface area contributed by atoms with Gasteiger partial charge in [0.1, 0.15) is 40.4 Å². The summed E-state index contributed by atoms with van der Waals surface area (Å²) in [6.45, 7) is 0.777. The fraction of sp³-hybridized carbons (Fsp3) is 0.0833. The molecule has 8 aromatic carbocycles. The van der Waals surface area contributed by atoms with Gasteiger partial charge >= 0.3 is 103 Å². The minimum absolute atomic E-state index is 0. The Morgan fingerprint density at radius 2 is 1.03 bits per heavy atom. The molecule has 1 saturated heterocycles. The van der Waals surface area contributed by atoms with Gasteiger partial charge in [-0.1, -0.05) is 114 Å². The van der Waals surface area contributed by atoms with Crippen LogP contribution in [0.4, 0.5) is 8.78 Å². The van der Waals surface area contributed by atoms with Crippen LogP contribution in [0.2, 0.25) is 10.0 Å². The van der Waals surface area contributed by atoms with Crippen molar-refractivity contribution < 1.29 is 147 Å². The molecule has 8 nitrogen and oxygen atoms in total. The second kappa shape index (κ2) is 28.2. The normalized spacial score (nSPS) is 11.1. The Morgan fingerprint density at radius 1 is 0.635 bits per heavy atom. The molecule has 314 valence electrons. The minimum atomic E-state index is -0.690. The van der Waals surface area contributed by atoms with E-state index in [1.54, 1.807) is 29.2 Å². The van der Waals surface area contributed by atoms with Crippen LogP contribution in [0.1, 0.15) is 14.3 Å². The molecule has 1 fully saturated rings. The number of aromatic hydroxyl groups is 1. The summed E-state index contributed by atoms with van der Waals surface area (Å²) in [7, 11) is 1.84. The van der Waals surface area contributed by atoms with Gasteiger partial charge in [0.15, 0.2) is 0 Å². The number of amides is 1. The van der Waals surface area contributed by atoms with Crippen LogP contribution in [-0.4, -0.2) is 36.0 Å². The number of ether oxygens (including phenoxy) is 2. The number of likely N-dealkylation sites (tertiary alicyclic amines) is 1. The first-order chi connectivity index (χ1) is 29.4. The number of carbonyl (C=O) groups excluding carboxylic acids is 2. The van der Waals surface area contributed by atoms with Crippen LogP contribution >= 0.6 is 39.1 Å². The molecule has 1 aliphatic heterocycles. The molecule has 0 spiro atoms. The third-order valence-corrected chi connectivity index (χ3v) is 9.98. The van der Waals surface area contributed by atoms with Crippen LogP contribution in [-0.2, 0) is 14.5 Å². The van der Waals surface area contributed by atoms with Crippen molar-refractivity contribution in [3.63, 3.8) is 0 Å². The fourth-order valence-corrected chi connectivity index (χ4v) is 6.51. The Balaban J connectivity index is 0.000000331. The number of phenols is 1. The van der Waals surface area contributed by atoms with Crippen LogP contribution in [0, 0.1) is 11.6 Å². The molecule has 0 bridgehead atoms. The quantitative estimate of drug-likeness (QED) is 0.0497. The molecule has 1 N–H and O–H groups in total. The summed E-state index contributed by atoms with van der Waals surface area (Å²) in [6, 6.07) is 49.2. The number of fused-ring (bicyclic) bond motifs is 3. The minimum Gasteiger partial charge on any atom is -1.00 e. The van der Waals surface area contributed by atoms with E-state index in [0.717, 1.165) is 64.6 Å². The number of halogens is 5. The zero-order valence-corrected chi connectivity index (χ0v) is 43.8. The maximum absolute atomic E-state index is 12.5. The van der Waals surface area contributed by atoms with Gasteiger partial charge in [-0.3, -0.25) is 9.59 Å². The van der Waals surface area contributed by atoms with Gasteiger partial charge in [-0.25, -0.2) is 8.78 Å². The monoisotopic (exact) mass is 1010 g/mol. The predicted molar refractivity (Wildman–Crippen MR) is 239 cm³/mol. The summed E-state index contributed by atoms with van der Waals surface area (Å²) in [5.41, 5.74) is 0. The van der Waals surface area contributed by atoms with Gasteiger partial charge in [0.25, 0.3) is 6.47 Å². The molecular weight excluding hydrogens is 970 g/mol. The molecule has 0 unspecified atom stereocenters. The molecule has 1 aliphatic rings. The molecule has 0 aliphatic carbocycles. The largest absolute Gasteiger partial charge is 1.00 e. The van der Waals surface area contributed by atoms with E-state index >= 15 is 0 Å². The Hall–Kier alpha value is -2.97. The van der Waals surface area contributed by atoms with Crippen LogP contribution < -0.4 is 118 Å². The van der Waals surface area contributed by atoms with Gasteiger partial charge in [-0.2, -0.15) is 0 Å². The molecule has 0 radical (unpaired) electrons. The molecule has 63 heavy (non-hydrogen) atoms. The summed E-state index contributed by atoms with van der Waals surface area (Å²) in [4.78, 5) is 23.5. The van der Waals surface area contributed by atoms with Crippen molar-refractivity contribution in [2.24, 2.45) is 0 Å². The summed E-state index contributed by atoms with van der Waals surface area (Å²) in [5.74, 6) is 2.00. The van der Waals surface area contributed by atoms with Crippen LogP contribution in [0.15, 0.2) is 162 Å². The summed E-state index contributed by atoms with van der Waals surface area (Å²) >= 11 is 14.3. The standard InChI is InChI=1S/C26H17ClO2.C10H8O.C6H2BrClF2.C5H9NO.CH2O3.2K.H/c27-22-15-25(28-23-11-9-18-5-1-3-7-20(18)13-23)17-26(16-22)29-24-12-10-19-6-2-4-8-21(19)14-24;11-10-6-5-8-3-1-2-4-9(8)7-10;7-6-4(9)1-3(8)2-5(6)10;1-6-4-2-3-5(6)7;2-1-4-3;;;/h1-17H;1-7,11H;1-2H;2-4H2,1H3;1,3H;;;/q;;;;;2*+1;-1/p-1. The van der Waals surface area contributed by atoms with Crippen molar-refractivity contribution >= 4 is 83.8 Å². The van der Waals surface area contributed by atoms with Gasteiger partial charge in [0.05, 0.1) is 4.47 Å². The summed E-state index contributed by atoms with van der Waals surface area (Å²) in [6.07, 6.45) is 1.81. The molecule has 0 saturated carbocycles.